The lowest BCUT2D eigenvalue weighted by Gasteiger charge is -2.39. The molecule has 1 aromatic heterocycles. The summed E-state index contributed by atoms with van der Waals surface area (Å²) in [6.07, 6.45) is -7.49. The number of hydrogen-bond donors (Lipinski definition) is 5. The molecule has 2 heterocycles. The molecule has 4 rings (SSSR count). The highest BCUT2D eigenvalue weighted by molar-refractivity contribution is 5.86. The lowest BCUT2D eigenvalue weighted by Crippen LogP contribution is -2.60. The number of ether oxygens (including phenoxy) is 4. The van der Waals surface area contributed by atoms with Gasteiger partial charge in [0.05, 0.1) is 20.8 Å². The zero-order valence-corrected chi connectivity index (χ0v) is 18.2. The first-order chi connectivity index (χ1) is 16.3. The number of phenolic OH excluding ortho intramolecular Hbond substituents is 1. The molecule has 1 aliphatic heterocycles. The topological polar surface area (TPSA) is 168 Å². The number of aromatic hydroxyl groups is 1. The van der Waals surface area contributed by atoms with E-state index in [1.165, 1.54) is 26.4 Å². The van der Waals surface area contributed by atoms with Gasteiger partial charge in [-0.15, -0.1) is 0 Å². The highest BCUT2D eigenvalue weighted by Gasteiger charge is 2.44. The van der Waals surface area contributed by atoms with E-state index >= 15 is 0 Å². The number of fused-ring (bicyclic) bond motifs is 1. The zero-order chi connectivity index (χ0) is 24.6. The summed E-state index contributed by atoms with van der Waals surface area (Å²) in [5, 5.41) is 49.7. The third-order valence-electron chi connectivity index (χ3n) is 5.55. The fourth-order valence-corrected chi connectivity index (χ4v) is 3.74. The maximum absolute atomic E-state index is 12.7. The van der Waals surface area contributed by atoms with Crippen LogP contribution in [0.3, 0.4) is 0 Å². The molecule has 2 aromatic carbocycles. The van der Waals surface area contributed by atoms with Crippen LogP contribution in [0.15, 0.2) is 45.6 Å². The van der Waals surface area contributed by atoms with Gasteiger partial charge >= 0.3 is 0 Å². The maximum Gasteiger partial charge on any atom is 0.229 e. The van der Waals surface area contributed by atoms with Crippen LogP contribution in [0.2, 0.25) is 0 Å². The molecule has 1 fully saturated rings. The van der Waals surface area contributed by atoms with Gasteiger partial charge in [0.15, 0.2) is 16.9 Å². The van der Waals surface area contributed by atoms with Crippen LogP contribution in [-0.2, 0) is 4.74 Å². The Labute approximate surface area is 192 Å². The van der Waals surface area contributed by atoms with Crippen LogP contribution >= 0.6 is 0 Å². The summed E-state index contributed by atoms with van der Waals surface area (Å²) in [4.78, 5) is 12.7. The highest BCUT2D eigenvalue weighted by Crippen LogP contribution is 2.35. The Kier molecular flexibility index (Phi) is 6.64. The second-order valence-corrected chi connectivity index (χ2v) is 7.68. The summed E-state index contributed by atoms with van der Waals surface area (Å²) in [5.41, 5.74) is -0.0174. The van der Waals surface area contributed by atoms with E-state index in [1.807, 2.05) is 0 Å². The Morgan fingerprint density at radius 1 is 0.941 bits per heavy atom. The van der Waals surface area contributed by atoms with E-state index in [2.05, 4.69) is 0 Å². The third-order valence-corrected chi connectivity index (χ3v) is 5.55. The lowest BCUT2D eigenvalue weighted by molar-refractivity contribution is -0.277. The van der Waals surface area contributed by atoms with Gasteiger partial charge in [-0.2, -0.15) is 0 Å². The molecule has 0 spiro atoms. The molecule has 5 N–H and O–H groups in total. The maximum atomic E-state index is 12.7. The van der Waals surface area contributed by atoms with E-state index in [-0.39, 0.29) is 22.5 Å². The van der Waals surface area contributed by atoms with Crippen molar-refractivity contribution in [1.29, 1.82) is 0 Å². The van der Waals surface area contributed by atoms with Crippen LogP contribution in [0.25, 0.3) is 22.3 Å². The molecule has 0 bridgehead atoms. The van der Waals surface area contributed by atoms with Crippen molar-refractivity contribution >= 4 is 11.0 Å². The van der Waals surface area contributed by atoms with Crippen LogP contribution in [0, 0.1) is 0 Å². The first kappa shape index (κ1) is 23.8. The van der Waals surface area contributed by atoms with Gasteiger partial charge in [0.1, 0.15) is 52.6 Å². The van der Waals surface area contributed by atoms with Crippen molar-refractivity contribution in [3.8, 4) is 34.3 Å². The molecule has 11 nitrogen and oxygen atoms in total. The first-order valence-corrected chi connectivity index (χ1v) is 10.3. The molecule has 3 aromatic rings. The van der Waals surface area contributed by atoms with Crippen LogP contribution in [0.5, 0.6) is 23.0 Å². The van der Waals surface area contributed by atoms with Gasteiger partial charge in [-0.3, -0.25) is 4.79 Å². The van der Waals surface area contributed by atoms with Gasteiger partial charge in [-0.1, -0.05) is 0 Å². The molecular formula is C23H24O11. The summed E-state index contributed by atoms with van der Waals surface area (Å²) in [7, 11) is 2.96. The predicted molar refractivity (Wildman–Crippen MR) is 117 cm³/mol. The first-order valence-electron chi connectivity index (χ1n) is 10.3. The standard InChI is InChI=1S/C23H24O11/c1-30-14-4-3-10(5-16(14)31-2)15-8-13(26)19-12(25)6-11(7-17(19)33-15)32-23-22(29)21(28)20(27)18(9-24)34-23/h3-8,18,20-25,27-29H,9H2,1-2H3/t18-,20-,21+,22-,23-/m1/s1. The molecule has 0 amide bonds. The second kappa shape index (κ2) is 9.49. The zero-order valence-electron chi connectivity index (χ0n) is 18.2. The van der Waals surface area contributed by atoms with Crippen molar-refractivity contribution in [3.05, 3.63) is 46.6 Å². The molecule has 0 saturated carbocycles. The Morgan fingerprint density at radius 2 is 1.68 bits per heavy atom. The van der Waals surface area contributed by atoms with Crippen molar-refractivity contribution in [2.75, 3.05) is 20.8 Å². The predicted octanol–water partition coefficient (Wildman–Crippen LogP) is 0.361. The molecule has 0 aliphatic carbocycles. The number of phenols is 1. The normalized spacial score (nSPS) is 24.7. The molecule has 5 atom stereocenters. The molecule has 34 heavy (non-hydrogen) atoms. The van der Waals surface area contributed by atoms with Crippen LogP contribution < -0.4 is 19.6 Å². The van der Waals surface area contributed by atoms with Gasteiger partial charge in [-0.25, -0.2) is 0 Å². The van der Waals surface area contributed by atoms with Gasteiger partial charge < -0.3 is 48.9 Å². The minimum Gasteiger partial charge on any atom is -0.507 e. The fourth-order valence-electron chi connectivity index (χ4n) is 3.74. The van der Waals surface area contributed by atoms with E-state index in [4.69, 9.17) is 23.4 Å². The minimum absolute atomic E-state index is 0.0168. The number of rotatable bonds is 6. The SMILES string of the molecule is COc1ccc(-c2cc(=O)c3c(O)cc(O[C@@H]4O[C@H](CO)[C@@H](O)[C@H](O)[C@H]4O)cc3o2)cc1OC. The number of aliphatic hydroxyl groups is 4. The summed E-state index contributed by atoms with van der Waals surface area (Å²) >= 11 is 0. The fraction of sp³-hybridized carbons (Fsp3) is 0.348. The molecule has 1 saturated heterocycles. The molecule has 0 radical (unpaired) electrons. The van der Waals surface area contributed by atoms with Gasteiger partial charge in [0, 0.05) is 23.8 Å². The third kappa shape index (κ3) is 4.27. The Bertz CT molecular complexity index is 1240. The van der Waals surface area contributed by atoms with E-state index in [9.17, 15) is 30.3 Å². The van der Waals surface area contributed by atoms with Crippen molar-refractivity contribution < 1.29 is 48.9 Å². The van der Waals surface area contributed by atoms with Crippen molar-refractivity contribution in [2.24, 2.45) is 0 Å². The average Bonchev–Trinajstić information content (AvgIpc) is 2.83. The summed E-state index contributed by atoms with van der Waals surface area (Å²) in [5.74, 6) is 0.599. The largest absolute Gasteiger partial charge is 0.507 e. The van der Waals surface area contributed by atoms with E-state index in [0.717, 1.165) is 6.07 Å². The van der Waals surface area contributed by atoms with Crippen molar-refractivity contribution in [2.45, 2.75) is 30.7 Å². The van der Waals surface area contributed by atoms with Crippen LogP contribution in [0.4, 0.5) is 0 Å². The Hall–Kier alpha value is -3.35. The molecule has 1 aliphatic rings. The Balaban J connectivity index is 1.72. The highest BCUT2D eigenvalue weighted by atomic mass is 16.7. The molecular weight excluding hydrogens is 452 g/mol. The monoisotopic (exact) mass is 476 g/mol. The average molecular weight is 476 g/mol. The van der Waals surface area contributed by atoms with Gasteiger partial charge in [-0.05, 0) is 18.2 Å². The summed E-state index contributed by atoms with van der Waals surface area (Å²) in [6.45, 7) is -0.628. The van der Waals surface area contributed by atoms with Gasteiger partial charge in [0.2, 0.25) is 6.29 Å². The van der Waals surface area contributed by atoms with E-state index in [0.29, 0.717) is 17.1 Å². The molecule has 11 heteroatoms. The molecule has 0 unspecified atom stereocenters. The van der Waals surface area contributed by atoms with Gasteiger partial charge in [0.25, 0.3) is 0 Å². The number of benzene rings is 2. The lowest BCUT2D eigenvalue weighted by atomic mass is 9.99. The number of aliphatic hydroxyl groups excluding tert-OH is 4. The number of hydrogen-bond acceptors (Lipinski definition) is 11. The van der Waals surface area contributed by atoms with Crippen molar-refractivity contribution in [1.82, 2.24) is 0 Å². The Morgan fingerprint density at radius 3 is 2.35 bits per heavy atom. The van der Waals surface area contributed by atoms with E-state index in [1.54, 1.807) is 18.2 Å². The van der Waals surface area contributed by atoms with Crippen LogP contribution in [0.1, 0.15) is 0 Å². The van der Waals surface area contributed by atoms with Crippen LogP contribution in [-0.4, -0.2) is 77.1 Å². The molecule has 182 valence electrons. The quantitative estimate of drug-likeness (QED) is 0.333. The second-order valence-electron chi connectivity index (χ2n) is 7.68. The number of methoxy groups -OCH3 is 2. The van der Waals surface area contributed by atoms with Crippen molar-refractivity contribution in [3.63, 3.8) is 0 Å². The minimum atomic E-state index is -1.65. The smallest absolute Gasteiger partial charge is 0.229 e. The summed E-state index contributed by atoms with van der Waals surface area (Å²) in [6, 6.07) is 8.59. The summed E-state index contributed by atoms with van der Waals surface area (Å²) < 4.78 is 27.2. The van der Waals surface area contributed by atoms with E-state index < -0.39 is 48.5 Å².